The molecule has 0 spiro atoms. The number of benzene rings is 1. The van der Waals surface area contributed by atoms with Gasteiger partial charge in [0.15, 0.2) is 0 Å². The average Bonchev–Trinajstić information content (AvgIpc) is 2.48. The maximum absolute atomic E-state index is 12.3. The molecule has 128 valence electrons. The van der Waals surface area contributed by atoms with Crippen LogP contribution in [0.4, 0.5) is 23.7 Å². The number of anilines is 1. The molecule has 0 aliphatic carbocycles. The zero-order valence-electron chi connectivity index (χ0n) is 12.7. The molecule has 2 rings (SSSR count). The van der Waals surface area contributed by atoms with E-state index >= 15 is 0 Å². The van der Waals surface area contributed by atoms with Crippen LogP contribution in [-0.4, -0.2) is 41.5 Å². The van der Waals surface area contributed by atoms with Crippen molar-refractivity contribution in [1.82, 2.24) is 4.90 Å². The molecule has 1 N–H and O–H groups in total. The molecule has 2 amide bonds. The minimum Gasteiger partial charge on any atom is -0.324 e. The summed E-state index contributed by atoms with van der Waals surface area (Å²) in [4.78, 5) is 14.1. The van der Waals surface area contributed by atoms with Crippen LogP contribution in [0.1, 0.15) is 12.8 Å². The van der Waals surface area contributed by atoms with Gasteiger partial charge in [-0.05, 0) is 66.8 Å². The van der Waals surface area contributed by atoms with E-state index in [0.29, 0.717) is 11.6 Å². The second-order valence-corrected chi connectivity index (χ2v) is 7.46. The number of hydrogen-bond donors (Lipinski definition) is 1. The van der Waals surface area contributed by atoms with Gasteiger partial charge >= 0.3 is 11.5 Å². The number of hydrogen-bond acceptors (Lipinski definition) is 3. The summed E-state index contributed by atoms with van der Waals surface area (Å²) in [6.45, 7) is 1.45. The van der Waals surface area contributed by atoms with Gasteiger partial charge in [0.25, 0.3) is 0 Å². The number of rotatable bonds is 4. The van der Waals surface area contributed by atoms with Crippen LogP contribution in [-0.2, 0) is 0 Å². The first kappa shape index (κ1) is 18.3. The van der Waals surface area contributed by atoms with Crippen molar-refractivity contribution in [3.63, 3.8) is 0 Å². The van der Waals surface area contributed by atoms with Crippen LogP contribution in [0, 0.1) is 5.92 Å². The Hall–Kier alpha value is -1.02. The molecule has 0 radical (unpaired) electrons. The lowest BCUT2D eigenvalue weighted by Gasteiger charge is -2.32. The second-order valence-electron chi connectivity index (χ2n) is 5.41. The fraction of sp³-hybridized carbons (Fsp3) is 0.533. The van der Waals surface area contributed by atoms with Gasteiger partial charge in [-0.2, -0.15) is 24.9 Å². The third kappa shape index (κ3) is 6.18. The topological polar surface area (TPSA) is 32.3 Å². The molecule has 8 heteroatoms. The molecule has 1 aliphatic rings. The van der Waals surface area contributed by atoms with Crippen molar-refractivity contribution in [3.05, 3.63) is 24.3 Å². The first-order valence-electron chi connectivity index (χ1n) is 7.28. The normalized spacial score (nSPS) is 18.8. The Morgan fingerprint density at radius 3 is 2.65 bits per heavy atom. The van der Waals surface area contributed by atoms with Gasteiger partial charge < -0.3 is 10.2 Å². The number of likely N-dealkylation sites (tertiary alicyclic amines) is 1. The van der Waals surface area contributed by atoms with Crippen molar-refractivity contribution >= 4 is 35.2 Å². The molecule has 1 saturated heterocycles. The molecular formula is C15H19F3N2OS2. The van der Waals surface area contributed by atoms with Gasteiger partial charge in [-0.1, -0.05) is 0 Å². The maximum atomic E-state index is 12.3. The maximum Gasteiger partial charge on any atom is 0.446 e. The lowest BCUT2D eigenvalue weighted by molar-refractivity contribution is -0.0328. The van der Waals surface area contributed by atoms with Crippen molar-refractivity contribution in [3.8, 4) is 0 Å². The second kappa shape index (κ2) is 8.19. The van der Waals surface area contributed by atoms with E-state index in [9.17, 15) is 18.0 Å². The highest BCUT2D eigenvalue weighted by atomic mass is 32.2. The van der Waals surface area contributed by atoms with Gasteiger partial charge in [0, 0.05) is 23.7 Å². The Bertz CT molecular complexity index is 520. The van der Waals surface area contributed by atoms with Crippen molar-refractivity contribution in [2.45, 2.75) is 23.2 Å². The van der Waals surface area contributed by atoms with E-state index in [1.165, 1.54) is 24.3 Å². The summed E-state index contributed by atoms with van der Waals surface area (Å²) in [6, 6.07) is 5.53. The fourth-order valence-corrected chi connectivity index (χ4v) is 3.85. The number of halogens is 3. The zero-order chi connectivity index (χ0) is 16.9. The van der Waals surface area contributed by atoms with Crippen LogP contribution in [0.15, 0.2) is 29.2 Å². The minimum absolute atomic E-state index is 0.105. The van der Waals surface area contributed by atoms with Gasteiger partial charge in [0.2, 0.25) is 0 Å². The van der Waals surface area contributed by atoms with E-state index in [4.69, 9.17) is 0 Å². The predicted octanol–water partition coefficient (Wildman–Crippen LogP) is 4.91. The predicted molar refractivity (Wildman–Crippen MR) is 90.1 cm³/mol. The van der Waals surface area contributed by atoms with E-state index in [1.807, 2.05) is 0 Å². The summed E-state index contributed by atoms with van der Waals surface area (Å²) in [5.74, 6) is 1.54. The summed E-state index contributed by atoms with van der Waals surface area (Å²) < 4.78 is 36.8. The average molecular weight is 364 g/mol. The van der Waals surface area contributed by atoms with Gasteiger partial charge in [-0.15, -0.1) is 0 Å². The van der Waals surface area contributed by atoms with E-state index in [0.717, 1.165) is 31.7 Å². The molecule has 1 aromatic rings. The van der Waals surface area contributed by atoms with Gasteiger partial charge in [-0.25, -0.2) is 4.79 Å². The van der Waals surface area contributed by atoms with E-state index in [-0.39, 0.29) is 22.7 Å². The lowest BCUT2D eigenvalue weighted by Crippen LogP contribution is -2.42. The number of urea groups is 1. The highest BCUT2D eigenvalue weighted by Gasteiger charge is 2.29. The van der Waals surface area contributed by atoms with Crippen LogP contribution < -0.4 is 5.32 Å². The summed E-state index contributed by atoms with van der Waals surface area (Å²) in [5, 5.41) is 2.75. The fourth-order valence-electron chi connectivity index (χ4n) is 2.56. The van der Waals surface area contributed by atoms with Crippen molar-refractivity contribution in [2.75, 3.05) is 30.4 Å². The molecule has 1 heterocycles. The number of carbonyl (C=O) groups is 1. The molecule has 0 unspecified atom stereocenters. The Morgan fingerprint density at radius 2 is 2.04 bits per heavy atom. The number of nitrogens with zero attached hydrogens (tertiary/aromatic N) is 1. The molecule has 1 fully saturated rings. The molecule has 1 aliphatic heterocycles. The summed E-state index contributed by atoms with van der Waals surface area (Å²) in [7, 11) is 0. The molecule has 23 heavy (non-hydrogen) atoms. The number of carbonyl (C=O) groups excluding carboxylic acids is 1. The Kier molecular flexibility index (Phi) is 6.52. The van der Waals surface area contributed by atoms with Crippen LogP contribution in [0.3, 0.4) is 0 Å². The van der Waals surface area contributed by atoms with E-state index < -0.39 is 5.51 Å². The first-order valence-corrected chi connectivity index (χ1v) is 9.49. The number of nitrogens with one attached hydrogen (secondary N) is 1. The van der Waals surface area contributed by atoms with Crippen molar-refractivity contribution < 1.29 is 18.0 Å². The van der Waals surface area contributed by atoms with Crippen LogP contribution in [0.2, 0.25) is 0 Å². The molecule has 0 aromatic heterocycles. The molecule has 3 nitrogen and oxygen atoms in total. The molecule has 1 aromatic carbocycles. The smallest absolute Gasteiger partial charge is 0.324 e. The Morgan fingerprint density at radius 1 is 1.35 bits per heavy atom. The number of thioether (sulfide) groups is 2. The van der Waals surface area contributed by atoms with Gasteiger partial charge in [0.05, 0.1) is 0 Å². The largest absolute Gasteiger partial charge is 0.446 e. The first-order chi connectivity index (χ1) is 10.9. The molecule has 0 saturated carbocycles. The number of piperidine rings is 1. The lowest BCUT2D eigenvalue weighted by atomic mass is 10.0. The SMILES string of the molecule is CSC[C@@H]1CCCN(C(=O)Nc2ccc(SC(F)(F)F)cc2)C1. The van der Waals surface area contributed by atoms with E-state index in [1.54, 1.807) is 16.7 Å². The van der Waals surface area contributed by atoms with Crippen molar-refractivity contribution in [2.24, 2.45) is 5.92 Å². The molecule has 0 bridgehead atoms. The molecular weight excluding hydrogens is 345 g/mol. The minimum atomic E-state index is -4.30. The van der Waals surface area contributed by atoms with Gasteiger partial charge in [-0.3, -0.25) is 0 Å². The summed E-state index contributed by atoms with van der Waals surface area (Å²) in [6.07, 6.45) is 4.17. The summed E-state index contributed by atoms with van der Waals surface area (Å²) >= 11 is 1.62. The number of amides is 2. The van der Waals surface area contributed by atoms with Crippen LogP contribution >= 0.6 is 23.5 Å². The number of alkyl halides is 3. The standard InChI is InChI=1S/C15H19F3N2OS2/c1-22-10-11-3-2-8-20(9-11)14(21)19-12-4-6-13(7-5-12)23-15(16,17)18/h4-7,11H,2-3,8-10H2,1H3,(H,19,21)/t11-/m1/s1. The summed E-state index contributed by atoms with van der Waals surface area (Å²) in [5.41, 5.74) is -3.79. The monoisotopic (exact) mass is 364 g/mol. The zero-order valence-corrected chi connectivity index (χ0v) is 14.4. The molecule has 1 atom stereocenters. The third-order valence-corrected chi connectivity index (χ3v) is 5.09. The van der Waals surface area contributed by atoms with E-state index in [2.05, 4.69) is 11.6 Å². The highest BCUT2D eigenvalue weighted by molar-refractivity contribution is 8.00. The van der Waals surface area contributed by atoms with Crippen molar-refractivity contribution in [1.29, 1.82) is 0 Å². The Labute approximate surface area is 142 Å². The Balaban J connectivity index is 1.89. The van der Waals surface area contributed by atoms with Gasteiger partial charge in [0.1, 0.15) is 0 Å². The third-order valence-electron chi connectivity index (χ3n) is 3.55. The van der Waals surface area contributed by atoms with Crippen LogP contribution in [0.25, 0.3) is 0 Å². The van der Waals surface area contributed by atoms with Crippen LogP contribution in [0.5, 0.6) is 0 Å². The quantitative estimate of drug-likeness (QED) is 0.771. The highest BCUT2D eigenvalue weighted by Crippen LogP contribution is 2.37.